The molecule has 0 bridgehead atoms. The highest BCUT2D eigenvalue weighted by molar-refractivity contribution is 6.30. The number of halogens is 1. The minimum absolute atomic E-state index is 0.143. The maximum atomic E-state index is 11.5. The molecule has 17 heavy (non-hydrogen) atoms. The second kappa shape index (κ2) is 4.61. The SMILES string of the molecule is O=c1[nH]c(=O)n([C@@H]2C[C@H](CO)[C@@H](O)O2)cc1Cl. The fourth-order valence-electron chi connectivity index (χ4n) is 1.72. The molecule has 0 aliphatic carbocycles. The minimum atomic E-state index is -1.14. The molecule has 8 heteroatoms. The molecule has 2 rings (SSSR count). The van der Waals surface area contributed by atoms with E-state index in [9.17, 15) is 14.7 Å². The van der Waals surface area contributed by atoms with Gasteiger partial charge in [0, 0.05) is 18.5 Å². The Bertz CT molecular complexity index is 525. The molecule has 0 aromatic carbocycles. The van der Waals surface area contributed by atoms with Crippen molar-refractivity contribution >= 4 is 11.6 Å². The molecule has 1 saturated heterocycles. The average Bonchev–Trinajstić information content (AvgIpc) is 2.65. The van der Waals surface area contributed by atoms with Gasteiger partial charge >= 0.3 is 5.69 Å². The zero-order valence-electron chi connectivity index (χ0n) is 8.67. The summed E-state index contributed by atoms with van der Waals surface area (Å²) in [6.07, 6.45) is -0.466. The van der Waals surface area contributed by atoms with Gasteiger partial charge in [-0.25, -0.2) is 4.79 Å². The first-order valence-corrected chi connectivity index (χ1v) is 5.36. The van der Waals surface area contributed by atoms with E-state index in [0.29, 0.717) is 0 Å². The number of nitrogens with one attached hydrogen (secondary N) is 1. The number of rotatable bonds is 2. The Balaban J connectivity index is 2.34. The van der Waals surface area contributed by atoms with Gasteiger partial charge in [0.1, 0.15) is 11.3 Å². The van der Waals surface area contributed by atoms with Crippen molar-refractivity contribution in [3.63, 3.8) is 0 Å². The number of aliphatic hydroxyl groups excluding tert-OH is 2. The van der Waals surface area contributed by atoms with E-state index < -0.39 is 29.7 Å². The lowest BCUT2D eigenvalue weighted by Gasteiger charge is -2.12. The van der Waals surface area contributed by atoms with E-state index in [1.165, 1.54) is 0 Å². The van der Waals surface area contributed by atoms with Crippen LogP contribution in [0.3, 0.4) is 0 Å². The van der Waals surface area contributed by atoms with Crippen molar-refractivity contribution in [1.82, 2.24) is 9.55 Å². The Morgan fingerprint density at radius 2 is 2.29 bits per heavy atom. The summed E-state index contributed by atoms with van der Waals surface area (Å²) in [7, 11) is 0. The topological polar surface area (TPSA) is 105 Å². The molecule has 0 saturated carbocycles. The van der Waals surface area contributed by atoms with Crippen molar-refractivity contribution in [1.29, 1.82) is 0 Å². The number of ether oxygens (including phenoxy) is 1. The quantitative estimate of drug-likeness (QED) is 0.636. The number of aliphatic hydroxyl groups is 2. The monoisotopic (exact) mass is 262 g/mol. The van der Waals surface area contributed by atoms with E-state index in [1.807, 2.05) is 4.98 Å². The fraction of sp³-hybridized carbons (Fsp3) is 0.556. The summed E-state index contributed by atoms with van der Waals surface area (Å²) >= 11 is 5.60. The molecule has 0 unspecified atom stereocenters. The molecule has 1 aliphatic rings. The number of H-pyrrole nitrogens is 1. The third-order valence-electron chi connectivity index (χ3n) is 2.67. The lowest BCUT2D eigenvalue weighted by atomic mass is 10.1. The molecule has 0 spiro atoms. The van der Waals surface area contributed by atoms with Gasteiger partial charge in [-0.3, -0.25) is 14.3 Å². The molecule has 3 N–H and O–H groups in total. The summed E-state index contributed by atoms with van der Waals surface area (Å²) in [5.41, 5.74) is -1.35. The molecule has 2 heterocycles. The van der Waals surface area contributed by atoms with Gasteiger partial charge in [-0.15, -0.1) is 0 Å². The number of aromatic nitrogens is 2. The summed E-state index contributed by atoms with van der Waals surface area (Å²) in [6.45, 7) is -0.247. The second-order valence-corrected chi connectivity index (χ2v) is 4.21. The molecular formula is C9H11ClN2O5. The van der Waals surface area contributed by atoms with E-state index in [4.69, 9.17) is 21.4 Å². The smallest absolute Gasteiger partial charge is 0.330 e. The predicted molar refractivity (Wildman–Crippen MR) is 57.7 cm³/mol. The maximum Gasteiger partial charge on any atom is 0.330 e. The Morgan fingerprint density at radius 1 is 1.59 bits per heavy atom. The van der Waals surface area contributed by atoms with Crippen molar-refractivity contribution in [2.75, 3.05) is 6.61 Å². The van der Waals surface area contributed by atoms with Crippen molar-refractivity contribution in [3.05, 3.63) is 32.1 Å². The van der Waals surface area contributed by atoms with E-state index in [1.54, 1.807) is 0 Å². The summed E-state index contributed by atoms with van der Waals surface area (Å²) in [5, 5.41) is 18.2. The summed E-state index contributed by atoms with van der Waals surface area (Å²) < 4.78 is 6.19. The van der Waals surface area contributed by atoms with Crippen molar-refractivity contribution in [3.8, 4) is 0 Å². The highest BCUT2D eigenvalue weighted by Gasteiger charge is 2.35. The molecule has 1 aromatic rings. The molecule has 3 atom stereocenters. The van der Waals surface area contributed by atoms with Crippen LogP contribution < -0.4 is 11.2 Å². The average molecular weight is 263 g/mol. The molecule has 1 fully saturated rings. The van der Waals surface area contributed by atoms with Gasteiger partial charge in [-0.1, -0.05) is 11.6 Å². The number of aromatic amines is 1. The Morgan fingerprint density at radius 3 is 2.88 bits per heavy atom. The number of hydrogen-bond donors (Lipinski definition) is 3. The van der Waals surface area contributed by atoms with Crippen molar-refractivity contribution in [2.24, 2.45) is 5.92 Å². The lowest BCUT2D eigenvalue weighted by molar-refractivity contribution is -0.131. The molecule has 0 radical (unpaired) electrons. The van der Waals surface area contributed by atoms with Gasteiger partial charge in [0.15, 0.2) is 6.29 Å². The molecule has 1 aromatic heterocycles. The third kappa shape index (κ3) is 2.27. The zero-order chi connectivity index (χ0) is 12.6. The van der Waals surface area contributed by atoms with E-state index in [-0.39, 0.29) is 18.1 Å². The van der Waals surface area contributed by atoms with Crippen LogP contribution in [-0.2, 0) is 4.74 Å². The molecular weight excluding hydrogens is 252 g/mol. The van der Waals surface area contributed by atoms with Crippen molar-refractivity contribution in [2.45, 2.75) is 18.9 Å². The van der Waals surface area contributed by atoms with Gasteiger partial charge in [0.2, 0.25) is 0 Å². The highest BCUT2D eigenvalue weighted by Crippen LogP contribution is 2.30. The summed E-state index contributed by atoms with van der Waals surface area (Å²) in [5.74, 6) is -0.461. The first-order chi connectivity index (χ1) is 8.02. The van der Waals surface area contributed by atoms with Crippen LogP contribution in [0, 0.1) is 5.92 Å². The fourth-order valence-corrected chi connectivity index (χ4v) is 1.87. The second-order valence-electron chi connectivity index (χ2n) is 3.80. The standard InChI is InChI=1S/C9H11ClN2O5/c10-5-2-12(9(16)11-7(5)14)6-1-4(3-13)8(15)17-6/h2,4,6,8,13,15H,1,3H2,(H,11,14,16)/t4-,6+,8+/m1/s1. The van der Waals surface area contributed by atoms with E-state index in [0.717, 1.165) is 10.8 Å². The number of hydrogen-bond acceptors (Lipinski definition) is 5. The van der Waals surface area contributed by atoms with E-state index >= 15 is 0 Å². The van der Waals surface area contributed by atoms with Crippen LogP contribution in [0.4, 0.5) is 0 Å². The van der Waals surface area contributed by atoms with E-state index in [2.05, 4.69) is 0 Å². The normalized spacial score (nSPS) is 28.5. The molecule has 1 aliphatic heterocycles. The van der Waals surface area contributed by atoms with Crippen LogP contribution in [0.15, 0.2) is 15.8 Å². The highest BCUT2D eigenvalue weighted by atomic mass is 35.5. The van der Waals surface area contributed by atoms with Crippen molar-refractivity contribution < 1.29 is 14.9 Å². The van der Waals surface area contributed by atoms with Crippen LogP contribution in [0.1, 0.15) is 12.6 Å². The Kier molecular flexibility index (Phi) is 3.34. The molecule has 94 valence electrons. The van der Waals surface area contributed by atoms with Gasteiger partial charge in [-0.2, -0.15) is 0 Å². The summed E-state index contributed by atoms with van der Waals surface area (Å²) in [4.78, 5) is 24.6. The van der Waals surface area contributed by atoms with Gasteiger partial charge in [-0.05, 0) is 0 Å². The van der Waals surface area contributed by atoms with Gasteiger partial charge < -0.3 is 14.9 Å². The Labute approximate surface area is 100 Å². The largest absolute Gasteiger partial charge is 0.396 e. The summed E-state index contributed by atoms with van der Waals surface area (Å²) in [6, 6.07) is 0. The van der Waals surface area contributed by atoms with Gasteiger partial charge in [0.05, 0.1) is 6.61 Å². The van der Waals surface area contributed by atoms with Crippen LogP contribution in [0.2, 0.25) is 5.02 Å². The predicted octanol–water partition coefficient (Wildman–Crippen LogP) is -0.964. The minimum Gasteiger partial charge on any atom is -0.396 e. The lowest BCUT2D eigenvalue weighted by Crippen LogP contribution is -2.32. The van der Waals surface area contributed by atoms with Crippen LogP contribution >= 0.6 is 11.6 Å². The number of nitrogens with zero attached hydrogens (tertiary/aromatic N) is 1. The van der Waals surface area contributed by atoms with Crippen LogP contribution in [0.25, 0.3) is 0 Å². The maximum absolute atomic E-state index is 11.5. The first-order valence-electron chi connectivity index (χ1n) is 4.98. The molecule has 7 nitrogen and oxygen atoms in total. The van der Waals surface area contributed by atoms with Crippen LogP contribution in [-0.4, -0.2) is 32.7 Å². The third-order valence-corrected chi connectivity index (χ3v) is 2.94. The van der Waals surface area contributed by atoms with Crippen LogP contribution in [0.5, 0.6) is 0 Å². The molecule has 0 amide bonds. The zero-order valence-corrected chi connectivity index (χ0v) is 9.42. The van der Waals surface area contributed by atoms with Gasteiger partial charge in [0.25, 0.3) is 5.56 Å². The Hall–Kier alpha value is -1.15. The first kappa shape index (κ1) is 12.3.